The molecule has 7 heteroatoms. The fourth-order valence-corrected chi connectivity index (χ4v) is 2.76. The summed E-state index contributed by atoms with van der Waals surface area (Å²) in [5.74, 6) is -0.149. The molecular weight excluding hydrogens is 386 g/mol. The quantitative estimate of drug-likeness (QED) is 0.774. The minimum Gasteiger partial charge on any atom is -0.352 e. The lowest BCUT2D eigenvalue weighted by Crippen LogP contribution is -2.26. The molecule has 1 amide bonds. The molecule has 0 radical (unpaired) electrons. The van der Waals surface area contributed by atoms with Crippen molar-refractivity contribution in [2.75, 3.05) is 18.6 Å². The Labute approximate surface area is 123 Å². The molecule has 0 heterocycles. The van der Waals surface area contributed by atoms with Crippen molar-refractivity contribution in [2.45, 2.75) is 6.42 Å². The van der Waals surface area contributed by atoms with E-state index >= 15 is 0 Å². The van der Waals surface area contributed by atoms with Crippen LogP contribution in [0, 0.1) is 0 Å². The lowest BCUT2D eigenvalue weighted by Gasteiger charge is -2.07. The van der Waals surface area contributed by atoms with Gasteiger partial charge in [0.2, 0.25) is 0 Å². The summed E-state index contributed by atoms with van der Waals surface area (Å²) in [7, 11) is -2.97. The molecule has 18 heavy (non-hydrogen) atoms. The Bertz CT molecular complexity index is 543. The molecule has 0 saturated heterocycles. The number of amides is 1. The molecule has 1 N–H and O–H groups in total. The van der Waals surface area contributed by atoms with E-state index in [1.54, 1.807) is 12.1 Å². The topological polar surface area (TPSA) is 63.2 Å². The first-order valence-electron chi connectivity index (χ1n) is 5.20. The van der Waals surface area contributed by atoms with Crippen molar-refractivity contribution in [2.24, 2.45) is 0 Å². The molecule has 0 saturated carbocycles. The highest BCUT2D eigenvalue weighted by Gasteiger charge is 2.10. The average molecular weight is 399 g/mol. The zero-order chi connectivity index (χ0) is 13.8. The molecule has 0 aliphatic carbocycles. The van der Waals surface area contributed by atoms with Crippen molar-refractivity contribution in [3.63, 3.8) is 0 Å². The van der Waals surface area contributed by atoms with Gasteiger partial charge in [-0.25, -0.2) is 8.42 Å². The third-order valence-corrected chi connectivity index (χ3v) is 4.37. The van der Waals surface area contributed by atoms with E-state index in [4.69, 9.17) is 0 Å². The number of carbonyl (C=O) groups excluding carboxylic acids is 1. The van der Waals surface area contributed by atoms with Crippen LogP contribution in [-0.2, 0) is 9.84 Å². The van der Waals surface area contributed by atoms with Gasteiger partial charge in [0.25, 0.3) is 5.91 Å². The van der Waals surface area contributed by atoms with Crippen LogP contribution in [0.2, 0.25) is 0 Å². The molecule has 0 aromatic heterocycles. The maximum Gasteiger partial charge on any atom is 0.252 e. The van der Waals surface area contributed by atoms with Crippen molar-refractivity contribution < 1.29 is 13.2 Å². The van der Waals surface area contributed by atoms with Gasteiger partial charge in [0.15, 0.2) is 0 Å². The highest BCUT2D eigenvalue weighted by molar-refractivity contribution is 9.11. The van der Waals surface area contributed by atoms with Crippen LogP contribution in [0.3, 0.4) is 0 Å². The normalized spacial score (nSPS) is 11.3. The molecule has 4 nitrogen and oxygen atoms in total. The Morgan fingerprint density at radius 2 is 2.00 bits per heavy atom. The Hall–Kier alpha value is -0.400. The number of hydrogen-bond acceptors (Lipinski definition) is 3. The third kappa shape index (κ3) is 5.49. The Balaban J connectivity index is 2.53. The summed E-state index contributed by atoms with van der Waals surface area (Å²) < 4.78 is 23.3. The van der Waals surface area contributed by atoms with Crippen molar-refractivity contribution in [3.8, 4) is 0 Å². The first-order valence-corrected chi connectivity index (χ1v) is 8.85. The van der Waals surface area contributed by atoms with Crippen LogP contribution < -0.4 is 5.32 Å². The minimum atomic E-state index is -2.97. The largest absolute Gasteiger partial charge is 0.352 e. The van der Waals surface area contributed by atoms with Gasteiger partial charge < -0.3 is 5.32 Å². The van der Waals surface area contributed by atoms with Crippen LogP contribution in [0.5, 0.6) is 0 Å². The van der Waals surface area contributed by atoms with Gasteiger partial charge in [0.05, 0.1) is 11.3 Å². The van der Waals surface area contributed by atoms with Crippen LogP contribution in [0.4, 0.5) is 0 Å². The van der Waals surface area contributed by atoms with Crippen molar-refractivity contribution >= 4 is 47.6 Å². The van der Waals surface area contributed by atoms with Gasteiger partial charge in [-0.3, -0.25) is 4.79 Å². The van der Waals surface area contributed by atoms with Gasteiger partial charge in [0.1, 0.15) is 9.84 Å². The molecular formula is C11H13Br2NO3S. The van der Waals surface area contributed by atoms with E-state index in [0.717, 1.165) is 4.47 Å². The second-order valence-electron chi connectivity index (χ2n) is 3.86. The lowest BCUT2D eigenvalue weighted by atomic mass is 10.2. The zero-order valence-electron chi connectivity index (χ0n) is 9.74. The molecule has 100 valence electrons. The second-order valence-corrected chi connectivity index (χ2v) is 7.89. The van der Waals surface area contributed by atoms with Crippen LogP contribution >= 0.6 is 31.9 Å². The SMILES string of the molecule is CS(=O)(=O)CCCNC(=O)c1cc(Br)ccc1Br. The van der Waals surface area contributed by atoms with Crippen molar-refractivity contribution in [1.82, 2.24) is 5.32 Å². The molecule has 1 rings (SSSR count). The number of nitrogens with one attached hydrogen (secondary N) is 1. The van der Waals surface area contributed by atoms with Gasteiger partial charge in [-0.05, 0) is 40.5 Å². The van der Waals surface area contributed by atoms with E-state index in [1.807, 2.05) is 6.07 Å². The fourth-order valence-electron chi connectivity index (χ4n) is 1.30. The first-order chi connectivity index (χ1) is 8.29. The van der Waals surface area contributed by atoms with E-state index in [1.165, 1.54) is 6.26 Å². The minimum absolute atomic E-state index is 0.0763. The highest BCUT2D eigenvalue weighted by atomic mass is 79.9. The number of sulfone groups is 1. The molecule has 1 aromatic rings. The lowest BCUT2D eigenvalue weighted by molar-refractivity contribution is 0.0953. The smallest absolute Gasteiger partial charge is 0.252 e. The number of rotatable bonds is 5. The zero-order valence-corrected chi connectivity index (χ0v) is 13.7. The van der Waals surface area contributed by atoms with Gasteiger partial charge in [-0.15, -0.1) is 0 Å². The fraction of sp³-hybridized carbons (Fsp3) is 0.364. The van der Waals surface area contributed by atoms with E-state index in [9.17, 15) is 13.2 Å². The molecule has 0 aliphatic rings. The highest BCUT2D eigenvalue weighted by Crippen LogP contribution is 2.21. The van der Waals surface area contributed by atoms with Crippen LogP contribution in [0.15, 0.2) is 27.1 Å². The van der Waals surface area contributed by atoms with Crippen LogP contribution in [-0.4, -0.2) is 32.9 Å². The summed E-state index contributed by atoms with van der Waals surface area (Å²) in [5, 5.41) is 2.69. The van der Waals surface area contributed by atoms with Crippen LogP contribution in [0.25, 0.3) is 0 Å². The van der Waals surface area contributed by atoms with E-state index < -0.39 is 9.84 Å². The van der Waals surface area contributed by atoms with Gasteiger partial charge in [-0.1, -0.05) is 15.9 Å². The summed E-state index contributed by atoms with van der Waals surface area (Å²) in [4.78, 5) is 11.8. The summed E-state index contributed by atoms with van der Waals surface area (Å²) >= 11 is 6.59. The molecule has 0 spiro atoms. The number of carbonyl (C=O) groups is 1. The summed E-state index contributed by atoms with van der Waals surface area (Å²) in [5.41, 5.74) is 0.517. The van der Waals surface area contributed by atoms with E-state index in [0.29, 0.717) is 23.0 Å². The van der Waals surface area contributed by atoms with Gasteiger partial charge in [0, 0.05) is 21.7 Å². The molecule has 1 aromatic carbocycles. The van der Waals surface area contributed by atoms with E-state index in [2.05, 4.69) is 37.2 Å². The molecule has 0 aliphatic heterocycles. The Morgan fingerprint density at radius 1 is 1.33 bits per heavy atom. The molecule has 0 atom stereocenters. The predicted molar refractivity (Wildman–Crippen MR) is 78.5 cm³/mol. The monoisotopic (exact) mass is 397 g/mol. The van der Waals surface area contributed by atoms with Crippen LogP contribution in [0.1, 0.15) is 16.8 Å². The molecule has 0 fully saturated rings. The van der Waals surface area contributed by atoms with Gasteiger partial charge in [-0.2, -0.15) is 0 Å². The standard InChI is InChI=1S/C11H13Br2NO3S/c1-18(16,17)6-2-5-14-11(15)9-7-8(12)3-4-10(9)13/h3-4,7H,2,5-6H2,1H3,(H,14,15). The van der Waals surface area contributed by atoms with E-state index in [-0.39, 0.29) is 11.7 Å². The molecule has 0 bridgehead atoms. The number of hydrogen-bond donors (Lipinski definition) is 1. The molecule has 0 unspecified atom stereocenters. The second kappa shape index (κ2) is 6.68. The van der Waals surface area contributed by atoms with Crippen molar-refractivity contribution in [3.05, 3.63) is 32.7 Å². The summed E-state index contributed by atoms with van der Waals surface area (Å²) in [6, 6.07) is 5.30. The predicted octanol–water partition coefficient (Wildman–Crippen LogP) is 2.38. The maximum atomic E-state index is 11.8. The maximum absolute atomic E-state index is 11.8. The number of halogens is 2. The Kier molecular flexibility index (Phi) is 5.81. The summed E-state index contributed by atoms with van der Waals surface area (Å²) in [6.07, 6.45) is 1.59. The number of benzene rings is 1. The first kappa shape index (κ1) is 15.7. The van der Waals surface area contributed by atoms with Crippen molar-refractivity contribution in [1.29, 1.82) is 0 Å². The summed E-state index contributed by atoms with van der Waals surface area (Å²) in [6.45, 7) is 0.338. The third-order valence-electron chi connectivity index (χ3n) is 2.15. The Morgan fingerprint density at radius 3 is 2.61 bits per heavy atom. The van der Waals surface area contributed by atoms with Gasteiger partial charge >= 0.3 is 0 Å². The average Bonchev–Trinajstić information content (AvgIpc) is 2.26.